The molecule has 120 valence electrons. The molecule has 0 saturated heterocycles. The summed E-state index contributed by atoms with van der Waals surface area (Å²) in [5, 5.41) is 16.1. The maximum atomic E-state index is 12.2. The summed E-state index contributed by atoms with van der Waals surface area (Å²) in [5.74, 6) is -0.930. The van der Waals surface area contributed by atoms with Crippen molar-refractivity contribution in [3.8, 4) is 5.69 Å². The normalized spacial score (nSPS) is 18.5. The fraction of sp³-hybridized carbons (Fsp3) is 0.353. The van der Waals surface area contributed by atoms with Crippen LogP contribution in [0.3, 0.4) is 0 Å². The summed E-state index contributed by atoms with van der Waals surface area (Å²) in [6, 6.07) is 7.24. The third kappa shape index (κ3) is 2.84. The van der Waals surface area contributed by atoms with E-state index < -0.39 is 5.97 Å². The van der Waals surface area contributed by atoms with E-state index >= 15 is 0 Å². The number of anilines is 1. The fourth-order valence-corrected chi connectivity index (χ4v) is 2.74. The first kappa shape index (κ1) is 15.3. The van der Waals surface area contributed by atoms with Gasteiger partial charge in [-0.2, -0.15) is 5.10 Å². The van der Waals surface area contributed by atoms with E-state index in [-0.39, 0.29) is 22.8 Å². The summed E-state index contributed by atoms with van der Waals surface area (Å²) in [5.41, 5.74) is 2.18. The Bertz CT molecular complexity index is 792. The van der Waals surface area contributed by atoms with Gasteiger partial charge in [0.1, 0.15) is 5.56 Å². The van der Waals surface area contributed by atoms with Crippen molar-refractivity contribution in [2.45, 2.75) is 27.2 Å². The predicted octanol–water partition coefficient (Wildman–Crippen LogP) is 2.86. The Morgan fingerprint density at radius 3 is 2.65 bits per heavy atom. The number of aromatic carboxylic acids is 1. The van der Waals surface area contributed by atoms with E-state index in [4.69, 9.17) is 5.11 Å². The SMILES string of the molecule is Cc1c(C(=O)O)cnn1-c1cccc(NC(=O)[C@H]2CC2(C)C)c1. The first-order chi connectivity index (χ1) is 10.8. The smallest absolute Gasteiger partial charge is 0.339 e. The largest absolute Gasteiger partial charge is 0.478 e. The summed E-state index contributed by atoms with van der Waals surface area (Å²) in [6.07, 6.45) is 2.23. The second-order valence-corrected chi connectivity index (χ2v) is 6.65. The molecular weight excluding hydrogens is 294 g/mol. The van der Waals surface area contributed by atoms with Gasteiger partial charge in [-0.15, -0.1) is 0 Å². The molecule has 1 amide bonds. The minimum atomic E-state index is -1.01. The summed E-state index contributed by atoms with van der Waals surface area (Å²) in [4.78, 5) is 23.3. The average molecular weight is 313 g/mol. The van der Waals surface area contributed by atoms with E-state index in [0.717, 1.165) is 6.42 Å². The summed E-state index contributed by atoms with van der Waals surface area (Å²) >= 11 is 0. The molecule has 1 heterocycles. The third-order valence-electron chi connectivity index (χ3n) is 4.43. The minimum absolute atomic E-state index is 0.0237. The highest BCUT2D eigenvalue weighted by atomic mass is 16.4. The van der Waals surface area contributed by atoms with Crippen molar-refractivity contribution in [1.29, 1.82) is 0 Å². The summed E-state index contributed by atoms with van der Waals surface area (Å²) in [6.45, 7) is 5.86. The van der Waals surface area contributed by atoms with Crippen LogP contribution in [0.15, 0.2) is 30.5 Å². The minimum Gasteiger partial charge on any atom is -0.478 e. The van der Waals surface area contributed by atoms with Crippen molar-refractivity contribution >= 4 is 17.6 Å². The van der Waals surface area contributed by atoms with E-state index in [2.05, 4.69) is 24.3 Å². The van der Waals surface area contributed by atoms with Crippen LogP contribution < -0.4 is 5.32 Å². The lowest BCUT2D eigenvalue weighted by molar-refractivity contribution is -0.118. The highest BCUT2D eigenvalue weighted by Gasteiger charge is 2.50. The van der Waals surface area contributed by atoms with E-state index in [1.54, 1.807) is 17.7 Å². The molecule has 1 aromatic heterocycles. The standard InChI is InChI=1S/C17H19N3O3/c1-10-13(16(22)23)9-18-20(10)12-6-4-5-11(7-12)19-15(21)14-8-17(14,2)3/h4-7,9,14H,8H2,1-3H3,(H,19,21)(H,22,23)/t14-/m1/s1. The molecule has 3 rings (SSSR count). The van der Waals surface area contributed by atoms with Gasteiger partial charge in [0.2, 0.25) is 5.91 Å². The van der Waals surface area contributed by atoms with E-state index in [0.29, 0.717) is 17.1 Å². The number of carboxylic acids is 1. The van der Waals surface area contributed by atoms with Crippen molar-refractivity contribution < 1.29 is 14.7 Å². The molecule has 6 heteroatoms. The number of hydrogen-bond donors (Lipinski definition) is 2. The van der Waals surface area contributed by atoms with Gasteiger partial charge in [-0.1, -0.05) is 19.9 Å². The molecule has 0 bridgehead atoms. The van der Waals surface area contributed by atoms with Crippen molar-refractivity contribution in [2.24, 2.45) is 11.3 Å². The highest BCUT2D eigenvalue weighted by molar-refractivity contribution is 5.95. The first-order valence-corrected chi connectivity index (χ1v) is 7.49. The van der Waals surface area contributed by atoms with Crippen LogP contribution in [0.5, 0.6) is 0 Å². The van der Waals surface area contributed by atoms with Gasteiger partial charge >= 0.3 is 5.97 Å². The second-order valence-electron chi connectivity index (χ2n) is 6.65. The lowest BCUT2D eigenvalue weighted by atomic mass is 10.1. The fourth-order valence-electron chi connectivity index (χ4n) is 2.74. The number of carbonyl (C=O) groups excluding carboxylic acids is 1. The van der Waals surface area contributed by atoms with E-state index in [1.807, 2.05) is 18.2 Å². The van der Waals surface area contributed by atoms with E-state index in [1.165, 1.54) is 6.20 Å². The van der Waals surface area contributed by atoms with Gasteiger partial charge in [-0.3, -0.25) is 4.79 Å². The van der Waals surface area contributed by atoms with Crippen LogP contribution >= 0.6 is 0 Å². The molecule has 1 aromatic carbocycles. The molecule has 1 aliphatic carbocycles. The molecule has 2 aromatic rings. The number of carbonyl (C=O) groups is 2. The number of rotatable bonds is 4. The number of hydrogen-bond acceptors (Lipinski definition) is 3. The Kier molecular flexibility index (Phi) is 3.47. The number of carboxylic acid groups (broad SMARTS) is 1. The van der Waals surface area contributed by atoms with Crippen LogP contribution in [0.2, 0.25) is 0 Å². The number of nitrogens with one attached hydrogen (secondary N) is 1. The van der Waals surface area contributed by atoms with Crippen LogP contribution in [0.25, 0.3) is 5.69 Å². The van der Waals surface area contributed by atoms with Crippen molar-refractivity contribution in [2.75, 3.05) is 5.32 Å². The number of nitrogens with zero attached hydrogens (tertiary/aromatic N) is 2. The van der Waals surface area contributed by atoms with Crippen LogP contribution in [0.1, 0.15) is 36.3 Å². The first-order valence-electron chi connectivity index (χ1n) is 7.49. The zero-order valence-corrected chi connectivity index (χ0v) is 13.3. The zero-order chi connectivity index (χ0) is 16.8. The molecule has 23 heavy (non-hydrogen) atoms. The lowest BCUT2D eigenvalue weighted by Gasteiger charge is -2.10. The maximum absolute atomic E-state index is 12.2. The number of amides is 1. The topological polar surface area (TPSA) is 84.2 Å². The molecule has 1 fully saturated rings. The van der Waals surface area contributed by atoms with Gasteiger partial charge in [0.25, 0.3) is 0 Å². The van der Waals surface area contributed by atoms with Crippen LogP contribution in [0.4, 0.5) is 5.69 Å². The van der Waals surface area contributed by atoms with Gasteiger partial charge in [-0.05, 0) is 37.0 Å². The molecular formula is C17H19N3O3. The lowest BCUT2D eigenvalue weighted by Crippen LogP contribution is -2.16. The molecule has 0 spiro atoms. The molecule has 2 N–H and O–H groups in total. The molecule has 1 atom stereocenters. The Hall–Kier alpha value is -2.63. The number of benzene rings is 1. The Morgan fingerprint density at radius 1 is 1.39 bits per heavy atom. The van der Waals surface area contributed by atoms with Gasteiger partial charge in [0.05, 0.1) is 17.6 Å². The quantitative estimate of drug-likeness (QED) is 0.909. The Labute approximate surface area is 134 Å². The van der Waals surface area contributed by atoms with Gasteiger partial charge in [0, 0.05) is 11.6 Å². The van der Waals surface area contributed by atoms with Crippen LogP contribution in [-0.4, -0.2) is 26.8 Å². The zero-order valence-electron chi connectivity index (χ0n) is 13.3. The Balaban J connectivity index is 1.83. The number of aromatic nitrogens is 2. The van der Waals surface area contributed by atoms with Crippen molar-refractivity contribution in [3.63, 3.8) is 0 Å². The average Bonchev–Trinajstić information content (AvgIpc) is 2.94. The maximum Gasteiger partial charge on any atom is 0.339 e. The van der Waals surface area contributed by atoms with Crippen LogP contribution in [0, 0.1) is 18.3 Å². The molecule has 1 aliphatic rings. The molecule has 0 aliphatic heterocycles. The van der Waals surface area contributed by atoms with Gasteiger partial charge in [0.15, 0.2) is 0 Å². The summed E-state index contributed by atoms with van der Waals surface area (Å²) < 4.78 is 1.56. The third-order valence-corrected chi connectivity index (χ3v) is 4.43. The highest BCUT2D eigenvalue weighted by Crippen LogP contribution is 2.52. The predicted molar refractivity (Wildman–Crippen MR) is 85.8 cm³/mol. The second kappa shape index (κ2) is 5.22. The van der Waals surface area contributed by atoms with E-state index in [9.17, 15) is 9.59 Å². The van der Waals surface area contributed by atoms with Gasteiger partial charge in [-0.25, -0.2) is 9.48 Å². The van der Waals surface area contributed by atoms with Crippen LogP contribution in [-0.2, 0) is 4.79 Å². The van der Waals surface area contributed by atoms with Gasteiger partial charge < -0.3 is 10.4 Å². The molecule has 0 radical (unpaired) electrons. The molecule has 1 saturated carbocycles. The van der Waals surface area contributed by atoms with Crippen molar-refractivity contribution in [1.82, 2.24) is 9.78 Å². The monoisotopic (exact) mass is 313 g/mol. The van der Waals surface area contributed by atoms with Crippen molar-refractivity contribution in [3.05, 3.63) is 41.7 Å². The Morgan fingerprint density at radius 2 is 2.09 bits per heavy atom. The molecule has 6 nitrogen and oxygen atoms in total. The summed E-state index contributed by atoms with van der Waals surface area (Å²) in [7, 11) is 0. The molecule has 0 unspecified atom stereocenters.